The molecule has 1 aromatic carbocycles. The van der Waals surface area contributed by atoms with Crippen molar-refractivity contribution in [2.45, 2.75) is 6.92 Å². The van der Waals surface area contributed by atoms with E-state index in [1.807, 2.05) is 19.1 Å². The number of allylic oxidation sites excluding steroid dienone is 1. The van der Waals surface area contributed by atoms with E-state index in [0.717, 1.165) is 5.56 Å². The van der Waals surface area contributed by atoms with Crippen molar-refractivity contribution in [2.24, 2.45) is 0 Å². The molecule has 1 aromatic rings. The van der Waals surface area contributed by atoms with Gasteiger partial charge in [-0.25, -0.2) is 4.39 Å². The van der Waals surface area contributed by atoms with Crippen LogP contribution in [0.15, 0.2) is 24.3 Å². The monoisotopic (exact) mass is 166 g/mol. The van der Waals surface area contributed by atoms with Crippen molar-refractivity contribution in [3.8, 4) is 5.75 Å². The molecule has 0 amide bonds. The molecule has 0 aromatic heterocycles. The average molecular weight is 166 g/mol. The summed E-state index contributed by atoms with van der Waals surface area (Å²) in [5, 5.41) is 0. The lowest BCUT2D eigenvalue weighted by atomic mass is 10.2. The van der Waals surface area contributed by atoms with Crippen LogP contribution in [0.2, 0.25) is 0 Å². The van der Waals surface area contributed by atoms with E-state index in [1.165, 1.54) is 19.2 Å². The van der Waals surface area contributed by atoms with Crippen LogP contribution in [0.25, 0.3) is 6.08 Å². The Morgan fingerprint density at radius 1 is 1.42 bits per heavy atom. The summed E-state index contributed by atoms with van der Waals surface area (Å²) >= 11 is 0. The number of rotatable bonds is 2. The third-order valence-electron chi connectivity index (χ3n) is 1.54. The molecule has 0 N–H and O–H groups in total. The Balaban J connectivity index is 3.10. The van der Waals surface area contributed by atoms with Crippen LogP contribution in [-0.4, -0.2) is 7.11 Å². The summed E-state index contributed by atoms with van der Waals surface area (Å²) in [7, 11) is 1.53. The number of hydrogen-bond donors (Lipinski definition) is 0. The Morgan fingerprint density at radius 3 is 2.75 bits per heavy atom. The van der Waals surface area contributed by atoms with Gasteiger partial charge in [0, 0.05) is 11.6 Å². The Labute approximate surface area is 71.5 Å². The summed E-state index contributed by atoms with van der Waals surface area (Å²) in [6.45, 7) is 1.91. The first-order valence-electron chi connectivity index (χ1n) is 3.74. The molecule has 1 nitrogen and oxygen atoms in total. The van der Waals surface area contributed by atoms with Gasteiger partial charge in [0.1, 0.15) is 11.6 Å². The van der Waals surface area contributed by atoms with E-state index in [9.17, 15) is 4.39 Å². The van der Waals surface area contributed by atoms with E-state index in [-0.39, 0.29) is 5.82 Å². The van der Waals surface area contributed by atoms with Gasteiger partial charge in [-0.3, -0.25) is 0 Å². The number of methoxy groups -OCH3 is 1. The van der Waals surface area contributed by atoms with Gasteiger partial charge in [-0.15, -0.1) is 0 Å². The van der Waals surface area contributed by atoms with Gasteiger partial charge in [0.2, 0.25) is 0 Å². The lowest BCUT2D eigenvalue weighted by Gasteiger charge is -2.03. The molecular formula is C10H11FO. The molecule has 0 aliphatic carbocycles. The van der Waals surface area contributed by atoms with E-state index in [2.05, 4.69) is 0 Å². The van der Waals surface area contributed by atoms with Crippen molar-refractivity contribution < 1.29 is 9.13 Å². The molecule has 0 unspecified atom stereocenters. The van der Waals surface area contributed by atoms with Gasteiger partial charge in [-0.2, -0.15) is 0 Å². The standard InChI is InChI=1S/C10H11FO/c1-3-4-8-5-6-9(11)7-10(8)12-2/h3-7H,1-2H3/b4-3+. The van der Waals surface area contributed by atoms with Crippen LogP contribution in [0.1, 0.15) is 12.5 Å². The minimum atomic E-state index is -0.278. The number of halogens is 1. The second-order valence-corrected chi connectivity index (χ2v) is 2.39. The minimum absolute atomic E-state index is 0.278. The Kier molecular flexibility index (Phi) is 2.86. The summed E-state index contributed by atoms with van der Waals surface area (Å²) in [6.07, 6.45) is 3.76. The van der Waals surface area contributed by atoms with E-state index in [4.69, 9.17) is 4.74 Å². The largest absolute Gasteiger partial charge is 0.496 e. The molecule has 0 saturated heterocycles. The highest BCUT2D eigenvalue weighted by molar-refractivity contribution is 5.56. The maximum absolute atomic E-state index is 12.7. The summed E-state index contributed by atoms with van der Waals surface area (Å²) < 4.78 is 17.7. The van der Waals surface area contributed by atoms with Crippen molar-refractivity contribution in [2.75, 3.05) is 7.11 Å². The fraction of sp³-hybridized carbons (Fsp3) is 0.200. The normalized spacial score (nSPS) is 10.6. The highest BCUT2D eigenvalue weighted by Crippen LogP contribution is 2.20. The van der Waals surface area contributed by atoms with E-state index in [0.29, 0.717) is 5.75 Å². The van der Waals surface area contributed by atoms with Gasteiger partial charge < -0.3 is 4.74 Å². The molecule has 2 heteroatoms. The third-order valence-corrected chi connectivity index (χ3v) is 1.54. The number of ether oxygens (including phenoxy) is 1. The maximum atomic E-state index is 12.7. The Bertz CT molecular complexity index is 292. The molecule has 0 radical (unpaired) electrons. The van der Waals surface area contributed by atoms with Gasteiger partial charge in [-0.05, 0) is 19.1 Å². The molecule has 1 rings (SSSR count). The first kappa shape index (κ1) is 8.78. The second kappa shape index (κ2) is 3.90. The molecule has 64 valence electrons. The summed E-state index contributed by atoms with van der Waals surface area (Å²) in [4.78, 5) is 0. The van der Waals surface area contributed by atoms with E-state index >= 15 is 0 Å². The van der Waals surface area contributed by atoms with Crippen molar-refractivity contribution >= 4 is 6.08 Å². The molecular weight excluding hydrogens is 155 g/mol. The fourth-order valence-corrected chi connectivity index (χ4v) is 1.00. The first-order valence-corrected chi connectivity index (χ1v) is 3.74. The maximum Gasteiger partial charge on any atom is 0.128 e. The van der Waals surface area contributed by atoms with E-state index < -0.39 is 0 Å². The zero-order valence-electron chi connectivity index (χ0n) is 7.17. The Hall–Kier alpha value is -1.31. The molecule has 0 heterocycles. The molecule has 0 fully saturated rings. The quantitative estimate of drug-likeness (QED) is 0.656. The van der Waals surface area contributed by atoms with Crippen molar-refractivity contribution in [3.63, 3.8) is 0 Å². The fourth-order valence-electron chi connectivity index (χ4n) is 1.00. The SMILES string of the molecule is C/C=C/c1ccc(F)cc1OC. The third kappa shape index (κ3) is 1.84. The minimum Gasteiger partial charge on any atom is -0.496 e. The van der Waals surface area contributed by atoms with Crippen molar-refractivity contribution in [3.05, 3.63) is 35.7 Å². The highest BCUT2D eigenvalue weighted by Gasteiger charge is 1.99. The zero-order valence-corrected chi connectivity index (χ0v) is 7.17. The van der Waals surface area contributed by atoms with Gasteiger partial charge in [0.15, 0.2) is 0 Å². The lowest BCUT2D eigenvalue weighted by Crippen LogP contribution is -1.87. The van der Waals surface area contributed by atoms with Crippen LogP contribution in [0.5, 0.6) is 5.75 Å². The number of hydrogen-bond acceptors (Lipinski definition) is 1. The van der Waals surface area contributed by atoms with Crippen LogP contribution in [-0.2, 0) is 0 Å². The molecule has 0 spiro atoms. The lowest BCUT2D eigenvalue weighted by molar-refractivity contribution is 0.410. The summed E-state index contributed by atoms with van der Waals surface area (Å²) in [5.74, 6) is 0.285. The zero-order chi connectivity index (χ0) is 8.97. The van der Waals surface area contributed by atoms with E-state index in [1.54, 1.807) is 6.07 Å². The van der Waals surface area contributed by atoms with Crippen LogP contribution < -0.4 is 4.74 Å². The van der Waals surface area contributed by atoms with Crippen molar-refractivity contribution in [1.29, 1.82) is 0 Å². The predicted molar refractivity (Wildman–Crippen MR) is 47.7 cm³/mol. The Morgan fingerprint density at radius 2 is 2.17 bits per heavy atom. The first-order chi connectivity index (χ1) is 5.77. The van der Waals surface area contributed by atoms with Crippen molar-refractivity contribution in [1.82, 2.24) is 0 Å². The van der Waals surface area contributed by atoms with Crippen LogP contribution in [0.3, 0.4) is 0 Å². The average Bonchev–Trinajstić information content (AvgIpc) is 2.08. The van der Waals surface area contributed by atoms with Crippen LogP contribution in [0.4, 0.5) is 4.39 Å². The van der Waals surface area contributed by atoms with Gasteiger partial charge in [0.25, 0.3) is 0 Å². The molecule has 0 atom stereocenters. The van der Waals surface area contributed by atoms with Gasteiger partial charge in [0.05, 0.1) is 7.11 Å². The summed E-state index contributed by atoms with van der Waals surface area (Å²) in [5.41, 5.74) is 0.890. The second-order valence-electron chi connectivity index (χ2n) is 2.39. The smallest absolute Gasteiger partial charge is 0.128 e. The molecule has 12 heavy (non-hydrogen) atoms. The summed E-state index contributed by atoms with van der Waals surface area (Å²) in [6, 6.07) is 4.47. The molecule has 0 aliphatic heterocycles. The predicted octanol–water partition coefficient (Wildman–Crippen LogP) is 2.87. The van der Waals surface area contributed by atoms with Gasteiger partial charge in [-0.1, -0.05) is 12.2 Å². The molecule has 0 bridgehead atoms. The van der Waals surface area contributed by atoms with Crippen LogP contribution in [0, 0.1) is 5.82 Å². The van der Waals surface area contributed by atoms with Gasteiger partial charge >= 0.3 is 0 Å². The molecule has 0 saturated carbocycles. The van der Waals surface area contributed by atoms with Crippen LogP contribution >= 0.6 is 0 Å². The topological polar surface area (TPSA) is 9.23 Å². The highest BCUT2D eigenvalue weighted by atomic mass is 19.1. The number of benzene rings is 1. The molecule has 0 aliphatic rings.